The second kappa shape index (κ2) is 12.7. The Balaban J connectivity index is 1.20. The molecule has 0 spiro atoms. The van der Waals surface area contributed by atoms with Gasteiger partial charge in [0, 0.05) is 38.1 Å². The van der Waals surface area contributed by atoms with Gasteiger partial charge in [0.2, 0.25) is 5.95 Å². The largest absolute Gasteiger partial charge is 0.456 e. The van der Waals surface area contributed by atoms with Crippen LogP contribution in [0.25, 0.3) is 106 Å². The van der Waals surface area contributed by atoms with Crippen molar-refractivity contribution in [3.05, 3.63) is 193 Å². The van der Waals surface area contributed by atoms with E-state index in [9.17, 15) is 0 Å². The lowest BCUT2D eigenvalue weighted by Crippen LogP contribution is -2.17. The van der Waals surface area contributed by atoms with Crippen molar-refractivity contribution in [1.82, 2.24) is 19.5 Å². The molecule has 3 aromatic heterocycles. The fourth-order valence-corrected chi connectivity index (χ4v) is 9.69. The average Bonchev–Trinajstić information content (AvgIpc) is 3.92. The fourth-order valence-electron chi connectivity index (χ4n) is 9.69. The number of fused-ring (bicyclic) bond motifs is 10. The fraction of sp³-hybridized carbons (Fsp3) is 0.0556. The Labute approximate surface area is 340 Å². The van der Waals surface area contributed by atoms with E-state index in [-0.39, 0.29) is 5.41 Å². The predicted molar refractivity (Wildman–Crippen MR) is 241 cm³/mol. The van der Waals surface area contributed by atoms with E-state index in [1.54, 1.807) is 0 Å². The number of furan rings is 1. The van der Waals surface area contributed by atoms with E-state index in [1.165, 1.54) is 27.6 Å². The number of aromatic nitrogens is 4. The Bertz CT molecular complexity index is 3480. The first kappa shape index (κ1) is 33.5. The van der Waals surface area contributed by atoms with E-state index >= 15 is 0 Å². The van der Waals surface area contributed by atoms with E-state index < -0.39 is 0 Å². The Hall–Kier alpha value is -7.63. The highest BCUT2D eigenvalue weighted by molar-refractivity contribution is 6.14. The van der Waals surface area contributed by atoms with E-state index in [2.05, 4.69) is 176 Å². The van der Waals surface area contributed by atoms with Crippen molar-refractivity contribution in [1.29, 1.82) is 0 Å². The maximum absolute atomic E-state index is 6.41. The summed E-state index contributed by atoms with van der Waals surface area (Å²) >= 11 is 0. The van der Waals surface area contributed by atoms with Crippen molar-refractivity contribution in [2.45, 2.75) is 19.3 Å². The molecule has 0 saturated carbocycles. The second-order valence-electron chi connectivity index (χ2n) is 15.9. The van der Waals surface area contributed by atoms with E-state index in [4.69, 9.17) is 19.4 Å². The number of hydrogen-bond donors (Lipinski definition) is 0. The molecule has 12 rings (SSSR count). The zero-order valence-corrected chi connectivity index (χ0v) is 32.5. The van der Waals surface area contributed by atoms with Gasteiger partial charge in [-0.1, -0.05) is 178 Å². The number of benzene rings is 8. The quantitative estimate of drug-likeness (QED) is 0.175. The molecular formula is C54H36N4O. The summed E-state index contributed by atoms with van der Waals surface area (Å²) in [6.45, 7) is 4.68. The van der Waals surface area contributed by atoms with Crippen LogP contribution in [0.2, 0.25) is 0 Å². The molecule has 0 aliphatic heterocycles. The lowest BCUT2D eigenvalue weighted by molar-refractivity contribution is 0.663. The van der Waals surface area contributed by atoms with Gasteiger partial charge in [0.15, 0.2) is 11.6 Å². The summed E-state index contributed by atoms with van der Waals surface area (Å²) in [5.74, 6) is 1.73. The molecule has 3 heterocycles. The molecule has 1 aliphatic carbocycles. The molecule has 278 valence electrons. The van der Waals surface area contributed by atoms with Gasteiger partial charge in [-0.05, 0) is 62.7 Å². The molecule has 0 saturated heterocycles. The normalized spacial score (nSPS) is 13.1. The Kier molecular flexibility index (Phi) is 7.20. The van der Waals surface area contributed by atoms with Gasteiger partial charge < -0.3 is 4.42 Å². The van der Waals surface area contributed by atoms with Gasteiger partial charge in [0.05, 0.1) is 11.0 Å². The third-order valence-corrected chi connectivity index (χ3v) is 12.3. The van der Waals surface area contributed by atoms with Crippen LogP contribution in [0.4, 0.5) is 0 Å². The smallest absolute Gasteiger partial charge is 0.238 e. The molecule has 5 heteroatoms. The summed E-state index contributed by atoms with van der Waals surface area (Å²) in [5.41, 5.74) is 14.9. The molecule has 5 nitrogen and oxygen atoms in total. The first-order valence-corrected chi connectivity index (χ1v) is 20.1. The number of hydrogen-bond acceptors (Lipinski definition) is 4. The van der Waals surface area contributed by atoms with Gasteiger partial charge in [-0.25, -0.2) is 4.98 Å². The highest BCUT2D eigenvalue weighted by Gasteiger charge is 2.38. The van der Waals surface area contributed by atoms with Gasteiger partial charge in [0.25, 0.3) is 0 Å². The minimum absolute atomic E-state index is 0.273. The van der Waals surface area contributed by atoms with Gasteiger partial charge in [-0.2, -0.15) is 9.97 Å². The minimum atomic E-state index is -0.273. The van der Waals surface area contributed by atoms with E-state index in [0.717, 1.165) is 71.7 Å². The molecule has 11 aromatic rings. The molecule has 0 N–H and O–H groups in total. The zero-order chi connectivity index (χ0) is 39.2. The summed E-state index contributed by atoms with van der Waals surface area (Å²) in [4.78, 5) is 16.5. The molecule has 0 amide bonds. The average molecular weight is 757 g/mol. The molecule has 59 heavy (non-hydrogen) atoms. The topological polar surface area (TPSA) is 56.7 Å². The molecule has 0 fully saturated rings. The van der Waals surface area contributed by atoms with Crippen molar-refractivity contribution in [2.24, 2.45) is 0 Å². The van der Waals surface area contributed by atoms with Crippen molar-refractivity contribution in [2.75, 3.05) is 0 Å². The van der Waals surface area contributed by atoms with Crippen LogP contribution in [-0.4, -0.2) is 19.5 Å². The lowest BCUT2D eigenvalue weighted by atomic mass is 9.81. The third kappa shape index (κ3) is 4.95. The molecule has 1 aliphatic rings. The number of nitrogens with zero attached hydrogens (tertiary/aromatic N) is 4. The maximum atomic E-state index is 6.41. The Morgan fingerprint density at radius 3 is 1.83 bits per heavy atom. The summed E-state index contributed by atoms with van der Waals surface area (Å²) in [6.07, 6.45) is 0. The Morgan fingerprint density at radius 2 is 1.02 bits per heavy atom. The summed E-state index contributed by atoms with van der Waals surface area (Å²) in [5, 5.41) is 4.33. The van der Waals surface area contributed by atoms with Crippen LogP contribution >= 0.6 is 0 Å². The van der Waals surface area contributed by atoms with Crippen molar-refractivity contribution in [3.8, 4) is 62.1 Å². The lowest BCUT2D eigenvalue weighted by Gasteiger charge is -2.23. The van der Waals surface area contributed by atoms with Crippen LogP contribution in [0.3, 0.4) is 0 Å². The Morgan fingerprint density at radius 1 is 0.424 bits per heavy atom. The van der Waals surface area contributed by atoms with Gasteiger partial charge in [0.1, 0.15) is 11.2 Å². The number of para-hydroxylation sites is 2. The summed E-state index contributed by atoms with van der Waals surface area (Å²) in [7, 11) is 0. The minimum Gasteiger partial charge on any atom is -0.456 e. The standard InChI is InChI=1S/C54H36N4O/c1-54(2)44-27-13-10-22-37(44)39-31-32-40-38-23-11-14-28-45(38)58(50(40)49(39)54)53-56-51(55-52(57-53)43-26-16-30-47-48(43)42-25-12-15-29-46(42)59-47)41-24-9-8-21-36(41)35-20-7-6-19-34(35)33-17-4-3-5-18-33/h3-32H,1-2H3. The summed E-state index contributed by atoms with van der Waals surface area (Å²) in [6, 6.07) is 64.0. The molecular weight excluding hydrogens is 721 g/mol. The van der Waals surface area contributed by atoms with Crippen molar-refractivity contribution in [3.63, 3.8) is 0 Å². The highest BCUT2D eigenvalue weighted by atomic mass is 16.3. The molecule has 0 radical (unpaired) electrons. The van der Waals surface area contributed by atoms with E-state index in [1.807, 2.05) is 24.3 Å². The van der Waals surface area contributed by atoms with E-state index in [0.29, 0.717) is 17.6 Å². The second-order valence-corrected chi connectivity index (χ2v) is 15.9. The maximum Gasteiger partial charge on any atom is 0.238 e. The molecule has 8 aromatic carbocycles. The molecule has 0 unspecified atom stereocenters. The first-order valence-electron chi connectivity index (χ1n) is 20.1. The SMILES string of the molecule is CC1(C)c2ccccc2-c2ccc3c4ccccc4n(-c4nc(-c5ccccc5-c5ccccc5-c5ccccc5)nc(-c5cccc6oc7ccccc7c56)n4)c3c21. The van der Waals surface area contributed by atoms with Crippen LogP contribution in [-0.2, 0) is 5.41 Å². The van der Waals surface area contributed by atoms with Crippen LogP contribution in [0.1, 0.15) is 25.0 Å². The van der Waals surface area contributed by atoms with Crippen molar-refractivity contribution >= 4 is 43.7 Å². The summed E-state index contributed by atoms with van der Waals surface area (Å²) < 4.78 is 8.70. The zero-order valence-electron chi connectivity index (χ0n) is 32.5. The van der Waals surface area contributed by atoms with Crippen LogP contribution in [0, 0.1) is 0 Å². The third-order valence-electron chi connectivity index (χ3n) is 12.3. The molecule has 0 atom stereocenters. The van der Waals surface area contributed by atoms with Crippen LogP contribution < -0.4 is 0 Å². The first-order chi connectivity index (χ1) is 29.0. The van der Waals surface area contributed by atoms with Gasteiger partial charge in [-0.3, -0.25) is 4.57 Å². The van der Waals surface area contributed by atoms with Gasteiger partial charge >= 0.3 is 0 Å². The van der Waals surface area contributed by atoms with Gasteiger partial charge in [-0.15, -0.1) is 0 Å². The monoisotopic (exact) mass is 756 g/mol. The van der Waals surface area contributed by atoms with Crippen LogP contribution in [0.5, 0.6) is 0 Å². The van der Waals surface area contributed by atoms with Crippen LogP contribution in [0.15, 0.2) is 186 Å². The predicted octanol–water partition coefficient (Wildman–Crippen LogP) is 13.8. The highest BCUT2D eigenvalue weighted by Crippen LogP contribution is 2.53. The van der Waals surface area contributed by atoms with Crippen molar-refractivity contribution < 1.29 is 4.42 Å². The number of rotatable bonds is 5. The molecule has 0 bridgehead atoms.